The molecule has 0 saturated carbocycles. The van der Waals surface area contributed by atoms with E-state index in [1.165, 1.54) is 11.3 Å². The van der Waals surface area contributed by atoms with Crippen molar-refractivity contribution in [2.24, 2.45) is 7.05 Å². The van der Waals surface area contributed by atoms with Gasteiger partial charge in [-0.25, -0.2) is 9.97 Å². The summed E-state index contributed by atoms with van der Waals surface area (Å²) in [6.45, 7) is 8.64. The lowest BCUT2D eigenvalue weighted by Gasteiger charge is -2.34. The number of nitrogens with zero attached hydrogens (tertiary/aromatic N) is 7. The van der Waals surface area contributed by atoms with Gasteiger partial charge >= 0.3 is 0 Å². The first kappa shape index (κ1) is 23.0. The Morgan fingerprint density at radius 2 is 2.06 bits per heavy atom. The van der Waals surface area contributed by atoms with Gasteiger partial charge < -0.3 is 10.2 Å². The zero-order valence-corrected chi connectivity index (χ0v) is 20.6. The Morgan fingerprint density at radius 1 is 1.24 bits per heavy atom. The van der Waals surface area contributed by atoms with Gasteiger partial charge in [0.05, 0.1) is 11.7 Å². The largest absolute Gasteiger partial charge is 0.329 e. The number of rotatable bonds is 6. The molecule has 1 aliphatic rings. The maximum Gasteiger partial charge on any atom is 0.247 e. The lowest BCUT2D eigenvalue weighted by molar-refractivity contribution is -0.129. The van der Waals surface area contributed by atoms with Crippen LogP contribution in [0.2, 0.25) is 0 Å². The van der Waals surface area contributed by atoms with Crippen LogP contribution in [0.1, 0.15) is 65.7 Å². The van der Waals surface area contributed by atoms with Crippen LogP contribution < -0.4 is 5.32 Å². The molecular formula is C23H30N8OS. The molecule has 1 N–H and O–H groups in total. The Bertz CT molecular complexity index is 1180. The third-order valence-corrected chi connectivity index (χ3v) is 6.90. The number of aryl methyl sites for hydroxylation is 4. The van der Waals surface area contributed by atoms with Gasteiger partial charge in [-0.3, -0.25) is 9.48 Å². The Labute approximate surface area is 198 Å². The third-order valence-electron chi connectivity index (χ3n) is 5.92. The van der Waals surface area contributed by atoms with Gasteiger partial charge in [0.15, 0.2) is 5.82 Å². The number of carbonyl (C=O) groups is 1. The molecular weight excluding hydrogens is 436 g/mol. The van der Waals surface area contributed by atoms with Crippen molar-refractivity contribution in [2.45, 2.75) is 59.4 Å². The van der Waals surface area contributed by atoms with E-state index in [9.17, 15) is 4.79 Å². The summed E-state index contributed by atoms with van der Waals surface area (Å²) in [5.74, 6) is 1.30. The van der Waals surface area contributed by atoms with Gasteiger partial charge in [-0.1, -0.05) is 18.3 Å². The predicted octanol–water partition coefficient (Wildman–Crippen LogP) is 4.06. The summed E-state index contributed by atoms with van der Waals surface area (Å²) in [5.41, 5.74) is 3.78. The van der Waals surface area contributed by atoms with Gasteiger partial charge in [-0.15, -0.1) is 10.2 Å². The molecule has 0 unspecified atom stereocenters. The van der Waals surface area contributed by atoms with Crippen molar-refractivity contribution in [3.8, 4) is 0 Å². The van der Waals surface area contributed by atoms with Crippen LogP contribution in [-0.4, -0.2) is 47.3 Å². The van der Waals surface area contributed by atoms with E-state index in [1.54, 1.807) is 6.08 Å². The highest BCUT2D eigenvalue weighted by atomic mass is 32.1. The minimum atomic E-state index is -0.159. The van der Waals surface area contributed by atoms with E-state index in [0.717, 1.165) is 53.3 Å². The van der Waals surface area contributed by atoms with E-state index in [1.807, 2.05) is 49.5 Å². The van der Waals surface area contributed by atoms with Crippen LogP contribution in [0.3, 0.4) is 0 Å². The summed E-state index contributed by atoms with van der Waals surface area (Å²) < 4.78 is 1.83. The van der Waals surface area contributed by atoms with Gasteiger partial charge in [0.25, 0.3) is 0 Å². The minimum absolute atomic E-state index is 0.0290. The molecule has 9 nitrogen and oxygen atoms in total. The topological polar surface area (TPSA) is 102 Å². The van der Waals surface area contributed by atoms with Gasteiger partial charge in [-0.05, 0) is 52.5 Å². The van der Waals surface area contributed by atoms with E-state index in [0.29, 0.717) is 23.3 Å². The smallest absolute Gasteiger partial charge is 0.247 e. The molecule has 33 heavy (non-hydrogen) atoms. The molecule has 0 spiro atoms. The number of anilines is 2. The number of piperidine rings is 1. The molecule has 1 saturated heterocycles. The van der Waals surface area contributed by atoms with Crippen molar-refractivity contribution >= 4 is 34.3 Å². The van der Waals surface area contributed by atoms with Crippen molar-refractivity contribution in [3.63, 3.8) is 0 Å². The molecule has 1 fully saturated rings. The molecule has 0 radical (unpaired) electrons. The normalized spacial score (nSPS) is 16.5. The van der Waals surface area contributed by atoms with Crippen LogP contribution in [0.4, 0.5) is 10.9 Å². The van der Waals surface area contributed by atoms with Crippen molar-refractivity contribution in [2.75, 3.05) is 11.9 Å². The SMILES string of the molecule is CCc1nnc(Nc2cc(C)nc([C@H]3CCCCN3C(=O)/C=C/c3c(C)nn(C)c3C)n2)s1. The highest BCUT2D eigenvalue weighted by Gasteiger charge is 2.29. The number of amides is 1. The molecule has 174 valence electrons. The Kier molecular flexibility index (Phi) is 6.83. The van der Waals surface area contributed by atoms with Gasteiger partial charge in [-0.2, -0.15) is 5.10 Å². The maximum atomic E-state index is 13.2. The number of carbonyl (C=O) groups excluding carboxylic acids is 1. The first-order chi connectivity index (χ1) is 15.9. The third kappa shape index (κ3) is 5.11. The molecule has 3 aromatic heterocycles. The molecule has 3 aromatic rings. The summed E-state index contributed by atoms with van der Waals surface area (Å²) in [6, 6.07) is 1.73. The fourth-order valence-electron chi connectivity index (χ4n) is 4.11. The van der Waals surface area contributed by atoms with Crippen molar-refractivity contribution in [1.29, 1.82) is 0 Å². The number of hydrogen-bond donors (Lipinski definition) is 1. The molecule has 1 atom stereocenters. The highest BCUT2D eigenvalue weighted by Crippen LogP contribution is 2.31. The van der Waals surface area contributed by atoms with Crippen LogP contribution in [-0.2, 0) is 18.3 Å². The summed E-state index contributed by atoms with van der Waals surface area (Å²) >= 11 is 1.51. The number of aromatic nitrogens is 6. The number of nitrogens with one attached hydrogen (secondary N) is 1. The summed E-state index contributed by atoms with van der Waals surface area (Å²) in [7, 11) is 1.91. The van der Waals surface area contributed by atoms with Crippen LogP contribution in [0.5, 0.6) is 0 Å². The van der Waals surface area contributed by atoms with Crippen LogP contribution in [0.25, 0.3) is 6.08 Å². The molecule has 1 amide bonds. The quantitative estimate of drug-likeness (QED) is 0.547. The first-order valence-corrected chi connectivity index (χ1v) is 12.1. The second-order valence-electron chi connectivity index (χ2n) is 8.32. The summed E-state index contributed by atoms with van der Waals surface area (Å²) in [4.78, 5) is 24.5. The lowest BCUT2D eigenvalue weighted by Crippen LogP contribution is -2.38. The Morgan fingerprint density at radius 3 is 2.76 bits per heavy atom. The monoisotopic (exact) mass is 466 g/mol. The standard InChI is InChI=1S/C23H30N8OS/c1-6-20-27-28-23(33-20)26-19-13-14(2)24-22(25-19)18-9-7-8-12-31(18)21(32)11-10-17-15(3)29-30(5)16(17)4/h10-11,13,18H,6-9,12H2,1-5H3,(H,24,25,26,28)/b11-10+/t18-/m1/s1. The Hall–Kier alpha value is -3.14. The summed E-state index contributed by atoms with van der Waals surface area (Å²) in [6.07, 6.45) is 7.22. The number of hydrogen-bond acceptors (Lipinski definition) is 8. The second-order valence-corrected chi connectivity index (χ2v) is 9.38. The van der Waals surface area contributed by atoms with E-state index >= 15 is 0 Å². The fraction of sp³-hybridized carbons (Fsp3) is 0.478. The lowest BCUT2D eigenvalue weighted by atomic mass is 10.0. The molecule has 0 bridgehead atoms. The summed E-state index contributed by atoms with van der Waals surface area (Å²) in [5, 5.41) is 17.7. The Balaban J connectivity index is 1.56. The highest BCUT2D eigenvalue weighted by molar-refractivity contribution is 7.15. The molecule has 0 aliphatic carbocycles. The molecule has 0 aromatic carbocycles. The van der Waals surface area contributed by atoms with E-state index < -0.39 is 0 Å². The number of likely N-dealkylation sites (tertiary alicyclic amines) is 1. The predicted molar refractivity (Wildman–Crippen MR) is 129 cm³/mol. The average molecular weight is 467 g/mol. The van der Waals surface area contributed by atoms with E-state index in [2.05, 4.69) is 32.5 Å². The molecule has 4 rings (SSSR count). The van der Waals surface area contributed by atoms with Crippen molar-refractivity contribution in [3.05, 3.63) is 45.6 Å². The van der Waals surface area contributed by atoms with Gasteiger partial charge in [0.2, 0.25) is 11.0 Å². The first-order valence-electron chi connectivity index (χ1n) is 11.3. The molecule has 1 aliphatic heterocycles. The second kappa shape index (κ2) is 9.78. The fourth-order valence-corrected chi connectivity index (χ4v) is 4.79. The van der Waals surface area contributed by atoms with Crippen LogP contribution in [0, 0.1) is 20.8 Å². The molecule has 4 heterocycles. The van der Waals surface area contributed by atoms with Gasteiger partial charge in [0, 0.05) is 42.7 Å². The zero-order chi connectivity index (χ0) is 23.5. The van der Waals surface area contributed by atoms with Crippen molar-refractivity contribution < 1.29 is 4.79 Å². The maximum absolute atomic E-state index is 13.2. The van der Waals surface area contributed by atoms with E-state index in [-0.39, 0.29) is 11.9 Å². The van der Waals surface area contributed by atoms with E-state index in [4.69, 9.17) is 4.98 Å². The minimum Gasteiger partial charge on any atom is -0.329 e. The van der Waals surface area contributed by atoms with Gasteiger partial charge in [0.1, 0.15) is 10.8 Å². The zero-order valence-electron chi connectivity index (χ0n) is 19.8. The molecule has 10 heteroatoms. The average Bonchev–Trinajstić information content (AvgIpc) is 3.35. The van der Waals surface area contributed by atoms with Crippen LogP contribution >= 0.6 is 11.3 Å². The van der Waals surface area contributed by atoms with Crippen molar-refractivity contribution in [1.82, 2.24) is 34.8 Å². The van der Waals surface area contributed by atoms with Crippen LogP contribution in [0.15, 0.2) is 12.1 Å².